The lowest BCUT2D eigenvalue weighted by atomic mass is 10.1. The molecule has 10 nitrogen and oxygen atoms in total. The molecule has 0 aromatic heterocycles. The number of thiol groups is 1. The highest BCUT2D eigenvalue weighted by Gasteiger charge is 2.03. The van der Waals surface area contributed by atoms with E-state index in [0.29, 0.717) is 58.6 Å². The molecule has 0 heterocycles. The van der Waals surface area contributed by atoms with E-state index in [0.717, 1.165) is 25.7 Å². The van der Waals surface area contributed by atoms with Crippen molar-refractivity contribution in [2.75, 3.05) is 39.2 Å². The maximum atomic E-state index is 11.7. The Hall–Kier alpha value is -1.92. The number of carbonyl (C=O) groups excluding carboxylic acids is 1. The summed E-state index contributed by atoms with van der Waals surface area (Å²) in [6, 6.07) is 0. The van der Waals surface area contributed by atoms with Crippen LogP contribution in [-0.2, 0) is 28.8 Å². The Morgan fingerprint density at radius 2 is 0.842 bits per heavy atom. The Bertz CT molecular complexity index is 875. The van der Waals surface area contributed by atoms with Crippen LogP contribution in [0.3, 0.4) is 0 Å². The van der Waals surface area contributed by atoms with E-state index in [-0.39, 0.29) is 12.4 Å². The maximum Gasteiger partial charge on any atom is 0.305 e. The van der Waals surface area contributed by atoms with Crippen molar-refractivity contribution in [3.05, 3.63) is 24.3 Å². The fourth-order valence-corrected chi connectivity index (χ4v) is 5.81. The van der Waals surface area contributed by atoms with Crippen LogP contribution < -0.4 is 11.0 Å². The minimum Gasteiger partial charge on any atom is -0.481 e. The van der Waals surface area contributed by atoms with Gasteiger partial charge in [0.25, 0.3) is 0 Å². The molecule has 0 spiro atoms. The quantitative estimate of drug-likeness (QED) is 0.0132. The SMILES string of the molecule is CCCCCCCC/C=C\CCCCCCCC(=O)O.CCCCCCCC/C=C\CCCCCCCC(=O)OCCCONOCCNCCCC(=O)O.CS. The van der Waals surface area contributed by atoms with Gasteiger partial charge in [-0.1, -0.05) is 147 Å². The van der Waals surface area contributed by atoms with Crippen LogP contribution in [0.1, 0.15) is 213 Å². The van der Waals surface area contributed by atoms with E-state index in [4.69, 9.17) is 24.6 Å². The Morgan fingerprint density at radius 3 is 1.30 bits per heavy atom. The molecule has 0 fully saturated rings. The first-order chi connectivity index (χ1) is 27.9. The largest absolute Gasteiger partial charge is 0.481 e. The summed E-state index contributed by atoms with van der Waals surface area (Å²) >= 11 is 3.53. The number of ether oxygens (including phenoxy) is 1. The summed E-state index contributed by atoms with van der Waals surface area (Å²) in [5, 5.41) is 20.1. The van der Waals surface area contributed by atoms with Gasteiger partial charge in [-0.05, 0) is 83.4 Å². The molecule has 0 aromatic rings. The molecule has 0 unspecified atom stereocenters. The number of nitrogens with one attached hydrogen (secondary N) is 2. The van der Waals surface area contributed by atoms with Gasteiger partial charge in [-0.25, -0.2) is 0 Å². The molecular formula is C46H90N2O8S. The van der Waals surface area contributed by atoms with Crippen LogP contribution in [0, 0.1) is 0 Å². The zero-order valence-corrected chi connectivity index (χ0v) is 38.0. The number of allylic oxidation sites excluding steroid dienone is 4. The number of aliphatic carboxylic acids is 2. The lowest BCUT2D eigenvalue weighted by Crippen LogP contribution is -2.26. The standard InChI is InChI=1S/C27H52N2O6.C18H34O2.CH4S/c1-2-3-4-5-6-7-8-9-10-11-12-13-14-15-16-20-27(32)33-23-18-24-34-29-35-25-22-28-21-17-19-26(30)31;1-2-3-4-5-6-7-8-9-10-11-12-13-14-15-16-17-18(19)20;1-2/h9-10,28-29H,2-8,11-25H2,1H3,(H,30,31);9-10H,2-8,11-17H2,1H3,(H,19,20);2H,1H3/b2*10-9-;. The van der Waals surface area contributed by atoms with Gasteiger partial charge in [0.15, 0.2) is 0 Å². The third-order valence-electron chi connectivity index (χ3n) is 9.19. The van der Waals surface area contributed by atoms with Crippen LogP contribution in [-0.4, -0.2) is 67.3 Å². The Labute approximate surface area is 355 Å². The number of unbranched alkanes of at least 4 members (excludes halogenated alkanes) is 22. The average molecular weight is 831 g/mol. The molecular weight excluding hydrogens is 741 g/mol. The van der Waals surface area contributed by atoms with Gasteiger partial charge in [-0.15, -0.1) is 0 Å². The van der Waals surface area contributed by atoms with Gasteiger partial charge in [-0.3, -0.25) is 24.1 Å². The Balaban J connectivity index is -0.00000112. The van der Waals surface area contributed by atoms with E-state index < -0.39 is 11.9 Å². The first-order valence-corrected chi connectivity index (χ1v) is 23.9. The summed E-state index contributed by atoms with van der Waals surface area (Å²) in [5.74, 6) is -1.59. The summed E-state index contributed by atoms with van der Waals surface area (Å²) in [6.07, 6.45) is 45.6. The molecule has 0 aliphatic carbocycles. The van der Waals surface area contributed by atoms with Crippen LogP contribution in [0.2, 0.25) is 0 Å². The lowest BCUT2D eigenvalue weighted by Gasteiger charge is -2.08. The van der Waals surface area contributed by atoms with Gasteiger partial charge in [0.05, 0.1) is 19.8 Å². The number of rotatable bonds is 43. The molecule has 0 saturated heterocycles. The predicted octanol–water partition coefficient (Wildman–Crippen LogP) is 12.5. The molecule has 0 radical (unpaired) electrons. The summed E-state index contributed by atoms with van der Waals surface area (Å²) in [7, 11) is 0. The number of esters is 1. The summed E-state index contributed by atoms with van der Waals surface area (Å²) < 4.78 is 5.21. The summed E-state index contributed by atoms with van der Waals surface area (Å²) in [5.41, 5.74) is 2.39. The second kappa shape index (κ2) is 56.2. The van der Waals surface area contributed by atoms with Crippen LogP contribution in [0.25, 0.3) is 0 Å². The zero-order valence-electron chi connectivity index (χ0n) is 37.1. The molecule has 0 aliphatic rings. The highest BCUT2D eigenvalue weighted by molar-refractivity contribution is 7.79. The van der Waals surface area contributed by atoms with Crippen molar-refractivity contribution < 1.29 is 39.0 Å². The molecule has 0 rings (SSSR count). The van der Waals surface area contributed by atoms with Gasteiger partial charge >= 0.3 is 17.9 Å². The van der Waals surface area contributed by atoms with Crippen LogP contribution >= 0.6 is 12.6 Å². The maximum absolute atomic E-state index is 11.7. The fraction of sp³-hybridized carbons (Fsp3) is 0.848. The Kier molecular flexibility index (Phi) is 58.5. The van der Waals surface area contributed by atoms with E-state index in [1.807, 2.05) is 0 Å². The summed E-state index contributed by atoms with van der Waals surface area (Å²) in [4.78, 5) is 42.6. The zero-order chi connectivity index (χ0) is 42.6. The monoisotopic (exact) mass is 831 g/mol. The first kappa shape index (κ1) is 59.4. The topological polar surface area (TPSA) is 143 Å². The number of hydrogen-bond donors (Lipinski definition) is 5. The highest BCUT2D eigenvalue weighted by Crippen LogP contribution is 2.12. The van der Waals surface area contributed by atoms with Crippen molar-refractivity contribution in [2.45, 2.75) is 213 Å². The van der Waals surface area contributed by atoms with Crippen molar-refractivity contribution >= 4 is 30.5 Å². The van der Waals surface area contributed by atoms with E-state index in [1.165, 1.54) is 141 Å². The third kappa shape index (κ3) is 63.5. The normalized spacial score (nSPS) is 11.0. The number of carbonyl (C=O) groups is 3. The molecule has 11 heteroatoms. The van der Waals surface area contributed by atoms with E-state index in [1.54, 1.807) is 6.26 Å². The van der Waals surface area contributed by atoms with E-state index in [9.17, 15) is 14.4 Å². The van der Waals surface area contributed by atoms with Crippen LogP contribution in [0.5, 0.6) is 0 Å². The fourth-order valence-electron chi connectivity index (χ4n) is 5.81. The van der Waals surface area contributed by atoms with Gasteiger partial charge in [0.2, 0.25) is 0 Å². The summed E-state index contributed by atoms with van der Waals surface area (Å²) in [6.45, 7) is 6.88. The first-order valence-electron chi connectivity index (χ1n) is 23.0. The van der Waals surface area contributed by atoms with Crippen molar-refractivity contribution in [3.8, 4) is 0 Å². The van der Waals surface area contributed by atoms with Crippen molar-refractivity contribution in [2.24, 2.45) is 0 Å². The van der Waals surface area contributed by atoms with E-state index >= 15 is 0 Å². The lowest BCUT2D eigenvalue weighted by molar-refractivity contribution is -0.172. The second-order valence-electron chi connectivity index (χ2n) is 14.7. The molecule has 0 amide bonds. The van der Waals surface area contributed by atoms with Gasteiger partial charge in [-0.2, -0.15) is 12.6 Å². The number of carboxylic acids is 2. The number of hydrogen-bond acceptors (Lipinski definition) is 9. The van der Waals surface area contributed by atoms with Crippen LogP contribution in [0.15, 0.2) is 24.3 Å². The molecule has 4 N–H and O–H groups in total. The highest BCUT2D eigenvalue weighted by atomic mass is 32.1. The molecule has 0 aromatic carbocycles. The van der Waals surface area contributed by atoms with Gasteiger partial charge in [0.1, 0.15) is 0 Å². The third-order valence-corrected chi connectivity index (χ3v) is 9.19. The second-order valence-corrected chi connectivity index (χ2v) is 14.7. The average Bonchev–Trinajstić information content (AvgIpc) is 3.20. The van der Waals surface area contributed by atoms with Crippen molar-refractivity contribution in [1.82, 2.24) is 11.0 Å². The molecule has 338 valence electrons. The molecule has 0 atom stereocenters. The smallest absolute Gasteiger partial charge is 0.305 e. The van der Waals surface area contributed by atoms with Gasteiger partial charge < -0.3 is 20.3 Å². The van der Waals surface area contributed by atoms with Crippen LogP contribution in [0.4, 0.5) is 0 Å². The minimum absolute atomic E-state index is 0.138. The number of carboxylic acid groups (broad SMARTS) is 2. The molecule has 0 aliphatic heterocycles. The minimum atomic E-state index is -0.785. The van der Waals surface area contributed by atoms with E-state index in [2.05, 4.69) is 61.7 Å². The molecule has 57 heavy (non-hydrogen) atoms. The predicted molar refractivity (Wildman–Crippen MR) is 242 cm³/mol. The van der Waals surface area contributed by atoms with Crippen molar-refractivity contribution in [3.63, 3.8) is 0 Å². The Morgan fingerprint density at radius 1 is 0.456 bits per heavy atom. The van der Waals surface area contributed by atoms with Gasteiger partial charge in [0, 0.05) is 32.2 Å². The van der Waals surface area contributed by atoms with Crippen molar-refractivity contribution in [1.29, 1.82) is 0 Å². The molecule has 0 bridgehead atoms. The molecule has 0 saturated carbocycles.